The number of hydrogen-bond acceptors (Lipinski definition) is 6. The molecular formula is C21H21Cl3N2O4. The first-order chi connectivity index (χ1) is 13.6. The fourth-order valence-corrected chi connectivity index (χ4v) is 3.37. The number of anilines is 1. The van der Waals surface area contributed by atoms with Crippen molar-refractivity contribution in [2.24, 2.45) is 0 Å². The Morgan fingerprint density at radius 1 is 1.07 bits per heavy atom. The number of fused-ring (bicyclic) bond motifs is 1. The lowest BCUT2D eigenvalue weighted by molar-refractivity contribution is 0.0730. The number of ether oxygens (including phenoxy) is 1. The van der Waals surface area contributed by atoms with E-state index in [9.17, 15) is 9.59 Å². The zero-order valence-electron chi connectivity index (χ0n) is 15.9. The smallest absolute Gasteiger partial charge is 0.351 e. The van der Waals surface area contributed by atoms with Gasteiger partial charge in [0.1, 0.15) is 16.9 Å². The Balaban J connectivity index is 0.00000160. The van der Waals surface area contributed by atoms with E-state index < -0.39 is 11.6 Å². The van der Waals surface area contributed by atoms with Crippen molar-refractivity contribution in [1.29, 1.82) is 0 Å². The summed E-state index contributed by atoms with van der Waals surface area (Å²) in [5, 5.41) is 3.93. The minimum atomic E-state index is -0.748. The summed E-state index contributed by atoms with van der Waals surface area (Å²) in [5.41, 5.74) is 1.46. The van der Waals surface area contributed by atoms with Gasteiger partial charge in [-0.3, -0.25) is 0 Å². The SMILES string of the molecule is Cl.Cl.O=C(Oc1ccc(N2CCNCC2)cc1)c1cc2cc(CCl)ccc2oc1=O. The average molecular weight is 472 g/mol. The van der Waals surface area contributed by atoms with Gasteiger partial charge in [0.2, 0.25) is 0 Å². The van der Waals surface area contributed by atoms with Crippen LogP contribution >= 0.6 is 36.4 Å². The van der Waals surface area contributed by atoms with Gasteiger partial charge in [-0.2, -0.15) is 0 Å². The van der Waals surface area contributed by atoms with E-state index in [1.165, 1.54) is 6.07 Å². The van der Waals surface area contributed by atoms with Crippen LogP contribution in [0, 0.1) is 0 Å². The van der Waals surface area contributed by atoms with Crippen molar-refractivity contribution in [3.63, 3.8) is 0 Å². The normalized spacial score (nSPS) is 13.3. The van der Waals surface area contributed by atoms with Gasteiger partial charge in [0.05, 0.1) is 0 Å². The highest BCUT2D eigenvalue weighted by atomic mass is 35.5. The summed E-state index contributed by atoms with van der Waals surface area (Å²) in [7, 11) is 0. The number of rotatable bonds is 4. The van der Waals surface area contributed by atoms with Crippen LogP contribution in [-0.4, -0.2) is 32.1 Å². The van der Waals surface area contributed by atoms with Crippen LogP contribution in [0.2, 0.25) is 0 Å². The number of halogens is 3. The van der Waals surface area contributed by atoms with Crippen molar-refractivity contribution in [2.75, 3.05) is 31.1 Å². The molecule has 0 bridgehead atoms. The average Bonchev–Trinajstić information content (AvgIpc) is 2.74. The zero-order chi connectivity index (χ0) is 19.5. The Hall–Kier alpha value is -2.25. The number of carbonyl (C=O) groups excluding carboxylic acids is 1. The fourth-order valence-electron chi connectivity index (χ4n) is 3.21. The number of esters is 1. The van der Waals surface area contributed by atoms with Crippen LogP contribution in [0.25, 0.3) is 11.0 Å². The molecule has 2 aromatic carbocycles. The first kappa shape index (κ1) is 24.0. The van der Waals surface area contributed by atoms with Crippen LogP contribution in [0.5, 0.6) is 5.75 Å². The molecule has 160 valence electrons. The summed E-state index contributed by atoms with van der Waals surface area (Å²) < 4.78 is 10.6. The van der Waals surface area contributed by atoms with E-state index in [0.717, 1.165) is 37.4 Å². The Bertz CT molecular complexity index is 1060. The maximum atomic E-state index is 12.5. The first-order valence-corrected chi connectivity index (χ1v) is 9.58. The highest BCUT2D eigenvalue weighted by molar-refractivity contribution is 6.17. The maximum Gasteiger partial charge on any atom is 0.351 e. The summed E-state index contributed by atoms with van der Waals surface area (Å²) >= 11 is 5.85. The molecule has 0 amide bonds. The number of nitrogens with zero attached hydrogens (tertiary/aromatic N) is 1. The summed E-state index contributed by atoms with van der Waals surface area (Å²) in [5.74, 6) is -0.0476. The van der Waals surface area contributed by atoms with Crippen LogP contribution in [-0.2, 0) is 5.88 Å². The molecule has 0 unspecified atom stereocenters. The van der Waals surface area contributed by atoms with E-state index >= 15 is 0 Å². The predicted octanol–water partition coefficient (Wildman–Crippen LogP) is 4.00. The van der Waals surface area contributed by atoms with E-state index in [-0.39, 0.29) is 30.4 Å². The zero-order valence-corrected chi connectivity index (χ0v) is 18.3. The molecule has 0 spiro atoms. The Morgan fingerprint density at radius 3 is 2.43 bits per heavy atom. The van der Waals surface area contributed by atoms with Crippen LogP contribution < -0.4 is 20.6 Å². The molecule has 0 aliphatic carbocycles. The quantitative estimate of drug-likeness (QED) is 0.268. The molecule has 0 radical (unpaired) electrons. The van der Waals surface area contributed by atoms with Gasteiger partial charge in [-0.15, -0.1) is 36.4 Å². The van der Waals surface area contributed by atoms with Gasteiger partial charge in [0, 0.05) is 43.1 Å². The van der Waals surface area contributed by atoms with Gasteiger partial charge in [-0.05, 0) is 48.0 Å². The third kappa shape index (κ3) is 5.26. The van der Waals surface area contributed by atoms with E-state index in [1.54, 1.807) is 30.3 Å². The molecule has 6 nitrogen and oxygen atoms in total. The lowest BCUT2D eigenvalue weighted by Crippen LogP contribution is -2.43. The molecule has 0 saturated carbocycles. The second-order valence-corrected chi connectivity index (χ2v) is 6.84. The molecule has 1 N–H and O–H groups in total. The molecule has 4 rings (SSSR count). The molecule has 1 fully saturated rings. The topological polar surface area (TPSA) is 71.8 Å². The third-order valence-corrected chi connectivity index (χ3v) is 5.01. The van der Waals surface area contributed by atoms with Crippen molar-refractivity contribution in [3.8, 4) is 5.75 Å². The van der Waals surface area contributed by atoms with Gasteiger partial charge >= 0.3 is 11.6 Å². The summed E-state index contributed by atoms with van der Waals surface area (Å²) in [4.78, 5) is 26.9. The highest BCUT2D eigenvalue weighted by Crippen LogP contribution is 2.21. The number of carbonyl (C=O) groups is 1. The molecule has 9 heteroatoms. The van der Waals surface area contributed by atoms with Gasteiger partial charge in [-0.25, -0.2) is 9.59 Å². The number of benzene rings is 2. The van der Waals surface area contributed by atoms with Crippen LogP contribution in [0.15, 0.2) is 57.7 Å². The molecule has 30 heavy (non-hydrogen) atoms. The van der Waals surface area contributed by atoms with Crippen LogP contribution in [0.1, 0.15) is 15.9 Å². The Kier molecular flexibility index (Phi) is 8.55. The molecular weight excluding hydrogens is 451 g/mol. The minimum absolute atomic E-state index is 0. The van der Waals surface area contributed by atoms with Crippen molar-refractivity contribution in [2.45, 2.75) is 5.88 Å². The number of nitrogens with one attached hydrogen (secondary N) is 1. The molecule has 3 aromatic rings. The van der Waals surface area contributed by atoms with E-state index in [1.807, 2.05) is 12.1 Å². The minimum Gasteiger partial charge on any atom is -0.423 e. The molecule has 1 aromatic heterocycles. The van der Waals surface area contributed by atoms with Gasteiger partial charge in [-0.1, -0.05) is 6.07 Å². The molecule has 1 aliphatic heterocycles. The molecule has 2 heterocycles. The van der Waals surface area contributed by atoms with Crippen molar-refractivity contribution in [1.82, 2.24) is 5.32 Å². The summed E-state index contributed by atoms with van der Waals surface area (Å²) in [6, 6.07) is 14.0. The molecule has 1 saturated heterocycles. The largest absolute Gasteiger partial charge is 0.423 e. The van der Waals surface area contributed by atoms with Crippen LogP contribution in [0.3, 0.4) is 0 Å². The van der Waals surface area contributed by atoms with Gasteiger partial charge < -0.3 is 19.4 Å². The predicted molar refractivity (Wildman–Crippen MR) is 123 cm³/mol. The van der Waals surface area contributed by atoms with Gasteiger partial charge in [0.25, 0.3) is 0 Å². The Morgan fingerprint density at radius 2 is 1.77 bits per heavy atom. The van der Waals surface area contributed by atoms with Crippen molar-refractivity contribution >= 4 is 59.0 Å². The summed E-state index contributed by atoms with van der Waals surface area (Å²) in [6.45, 7) is 3.75. The van der Waals surface area contributed by atoms with Crippen LogP contribution in [0.4, 0.5) is 5.69 Å². The second kappa shape index (κ2) is 10.7. The Labute approximate surface area is 191 Å². The standard InChI is InChI=1S/C21H19ClN2O4.2ClH/c22-13-14-1-6-19-15(11-14)12-18(21(26)28-19)20(25)27-17-4-2-16(3-5-17)24-9-7-23-8-10-24;;/h1-6,11-12,23H,7-10,13H2;2*1H. The van der Waals surface area contributed by atoms with Crippen molar-refractivity contribution in [3.05, 3.63) is 70.1 Å². The van der Waals surface area contributed by atoms with E-state index in [2.05, 4.69) is 10.2 Å². The van der Waals surface area contributed by atoms with E-state index in [4.69, 9.17) is 20.8 Å². The second-order valence-electron chi connectivity index (χ2n) is 6.57. The highest BCUT2D eigenvalue weighted by Gasteiger charge is 2.17. The number of piperazine rings is 1. The third-order valence-electron chi connectivity index (χ3n) is 4.70. The monoisotopic (exact) mass is 470 g/mol. The summed E-state index contributed by atoms with van der Waals surface area (Å²) in [6.07, 6.45) is 0. The lowest BCUT2D eigenvalue weighted by atomic mass is 10.1. The maximum absolute atomic E-state index is 12.5. The molecule has 1 aliphatic rings. The fraction of sp³-hybridized carbons (Fsp3) is 0.238. The first-order valence-electron chi connectivity index (χ1n) is 9.05. The van der Waals surface area contributed by atoms with Gasteiger partial charge in [0.15, 0.2) is 0 Å². The number of alkyl halides is 1. The van der Waals surface area contributed by atoms with E-state index in [0.29, 0.717) is 22.6 Å². The molecule has 0 atom stereocenters. The lowest BCUT2D eigenvalue weighted by Gasteiger charge is -2.29. The van der Waals surface area contributed by atoms with Crippen molar-refractivity contribution < 1.29 is 13.9 Å². The number of hydrogen-bond donors (Lipinski definition) is 1.